The van der Waals surface area contributed by atoms with Crippen LogP contribution in [0.5, 0.6) is 0 Å². The van der Waals surface area contributed by atoms with Gasteiger partial charge in [-0.3, -0.25) is 0 Å². The molecule has 1 aromatic carbocycles. The number of benzene rings is 1. The Morgan fingerprint density at radius 2 is 1.83 bits per heavy atom. The Labute approximate surface area is 137 Å². The summed E-state index contributed by atoms with van der Waals surface area (Å²) in [4.78, 5) is 15.8. The Morgan fingerprint density at radius 1 is 1.12 bits per heavy atom. The molecule has 8 heteroatoms. The van der Waals surface area contributed by atoms with Crippen molar-refractivity contribution < 1.29 is 18.0 Å². The minimum atomic E-state index is -4.39. The fourth-order valence-electron chi connectivity index (χ4n) is 1.95. The number of alkyl halides is 3. The third-order valence-electron chi connectivity index (χ3n) is 3.18. The fourth-order valence-corrected chi connectivity index (χ4v) is 1.95. The maximum Gasteiger partial charge on any atom is 0.416 e. The van der Waals surface area contributed by atoms with Crippen molar-refractivity contribution in [3.63, 3.8) is 0 Å². The molecule has 5 nitrogen and oxygen atoms in total. The number of urea groups is 1. The molecule has 1 heterocycles. The summed E-state index contributed by atoms with van der Waals surface area (Å²) in [6.07, 6.45) is -2.73. The number of carbonyl (C=O) groups excluding carboxylic acids is 1. The van der Waals surface area contributed by atoms with E-state index >= 15 is 0 Å². The van der Waals surface area contributed by atoms with Crippen LogP contribution in [0.25, 0.3) is 0 Å². The number of hydrogen-bond acceptors (Lipinski definition) is 3. The molecule has 0 aliphatic carbocycles. The predicted octanol–water partition coefficient (Wildman–Crippen LogP) is 3.64. The number of nitrogens with zero attached hydrogens (tertiary/aromatic N) is 1. The average Bonchev–Trinajstić information content (AvgIpc) is 2.53. The first-order valence-corrected chi connectivity index (χ1v) is 7.24. The highest BCUT2D eigenvalue weighted by Crippen LogP contribution is 2.29. The van der Waals surface area contributed by atoms with Crippen LogP contribution in [-0.4, -0.2) is 24.1 Å². The van der Waals surface area contributed by atoms with Crippen LogP contribution in [0, 0.1) is 6.92 Å². The second-order valence-corrected chi connectivity index (χ2v) is 5.05. The lowest BCUT2D eigenvalue weighted by Gasteiger charge is -2.11. The van der Waals surface area contributed by atoms with Crippen LogP contribution in [-0.2, 0) is 6.18 Å². The quantitative estimate of drug-likeness (QED) is 0.729. The van der Waals surface area contributed by atoms with Gasteiger partial charge in [0.2, 0.25) is 0 Å². The van der Waals surface area contributed by atoms with E-state index in [1.165, 1.54) is 12.1 Å². The maximum atomic E-state index is 12.4. The molecule has 2 rings (SSSR count). The first-order valence-electron chi connectivity index (χ1n) is 7.24. The van der Waals surface area contributed by atoms with Crippen LogP contribution < -0.4 is 16.0 Å². The molecular formula is C16H17F3N4O. The smallest absolute Gasteiger partial charge is 0.368 e. The van der Waals surface area contributed by atoms with Gasteiger partial charge in [-0.05, 0) is 42.8 Å². The van der Waals surface area contributed by atoms with Gasteiger partial charge in [-0.25, -0.2) is 9.78 Å². The summed E-state index contributed by atoms with van der Waals surface area (Å²) < 4.78 is 37.3. The molecule has 0 aliphatic heterocycles. The number of halogens is 3. The summed E-state index contributed by atoms with van der Waals surface area (Å²) in [6, 6.07) is 7.50. The predicted molar refractivity (Wildman–Crippen MR) is 85.9 cm³/mol. The Balaban J connectivity index is 1.74. The molecule has 0 spiro atoms. The summed E-state index contributed by atoms with van der Waals surface area (Å²) in [7, 11) is 0. The van der Waals surface area contributed by atoms with Gasteiger partial charge in [-0.1, -0.05) is 6.07 Å². The standard InChI is InChI=1S/C16H17F3N4O/c1-11-3-2-8-20-14(11)21-9-10-22-15(24)23-13-6-4-12(5-7-13)16(17,18)19/h2-8H,9-10H2,1H3,(H,20,21)(H2,22,23,24). The minimum absolute atomic E-state index is 0.286. The van der Waals surface area contributed by atoms with Gasteiger partial charge in [0.05, 0.1) is 5.56 Å². The summed E-state index contributed by atoms with van der Waals surface area (Å²) >= 11 is 0. The van der Waals surface area contributed by atoms with Crippen LogP contribution >= 0.6 is 0 Å². The number of aromatic nitrogens is 1. The van der Waals surface area contributed by atoms with Crippen molar-refractivity contribution in [2.45, 2.75) is 13.1 Å². The van der Waals surface area contributed by atoms with Crippen LogP contribution in [0.1, 0.15) is 11.1 Å². The van der Waals surface area contributed by atoms with E-state index in [1.54, 1.807) is 6.20 Å². The van der Waals surface area contributed by atoms with E-state index in [-0.39, 0.29) is 5.69 Å². The van der Waals surface area contributed by atoms with Crippen LogP contribution in [0.15, 0.2) is 42.6 Å². The van der Waals surface area contributed by atoms with Crippen molar-refractivity contribution in [1.82, 2.24) is 10.3 Å². The van der Waals surface area contributed by atoms with Gasteiger partial charge in [0.25, 0.3) is 0 Å². The number of aryl methyl sites for hydroxylation is 1. The molecule has 0 unspecified atom stereocenters. The van der Waals surface area contributed by atoms with Crippen LogP contribution in [0.4, 0.5) is 29.5 Å². The van der Waals surface area contributed by atoms with Crippen molar-refractivity contribution in [2.75, 3.05) is 23.7 Å². The van der Waals surface area contributed by atoms with Gasteiger partial charge in [0.1, 0.15) is 5.82 Å². The molecule has 0 radical (unpaired) electrons. The summed E-state index contributed by atoms with van der Waals surface area (Å²) in [5, 5.41) is 8.15. The molecule has 0 saturated heterocycles. The van der Waals surface area contributed by atoms with Gasteiger partial charge < -0.3 is 16.0 Å². The van der Waals surface area contributed by atoms with Gasteiger partial charge in [-0.15, -0.1) is 0 Å². The van der Waals surface area contributed by atoms with E-state index in [2.05, 4.69) is 20.9 Å². The normalized spacial score (nSPS) is 11.0. The molecule has 0 fully saturated rings. The van der Waals surface area contributed by atoms with Gasteiger partial charge in [0, 0.05) is 25.0 Å². The molecule has 128 valence electrons. The zero-order valence-corrected chi connectivity index (χ0v) is 12.9. The minimum Gasteiger partial charge on any atom is -0.368 e. The van der Waals surface area contributed by atoms with Gasteiger partial charge in [0.15, 0.2) is 0 Å². The highest BCUT2D eigenvalue weighted by Gasteiger charge is 2.29. The Kier molecular flexibility index (Phi) is 5.62. The lowest BCUT2D eigenvalue weighted by molar-refractivity contribution is -0.137. The van der Waals surface area contributed by atoms with E-state index in [9.17, 15) is 18.0 Å². The SMILES string of the molecule is Cc1cccnc1NCCNC(=O)Nc1ccc(C(F)(F)F)cc1. The van der Waals surface area contributed by atoms with E-state index < -0.39 is 17.8 Å². The number of hydrogen-bond donors (Lipinski definition) is 3. The number of carbonyl (C=O) groups is 1. The Morgan fingerprint density at radius 3 is 2.46 bits per heavy atom. The topological polar surface area (TPSA) is 66.0 Å². The molecule has 0 atom stereocenters. The first kappa shape index (κ1) is 17.6. The third kappa shape index (κ3) is 5.15. The van der Waals surface area contributed by atoms with E-state index in [1.807, 2.05) is 19.1 Å². The molecule has 3 N–H and O–H groups in total. The molecule has 2 aromatic rings. The Bertz CT molecular complexity index is 686. The molecule has 1 aromatic heterocycles. The molecule has 0 aliphatic rings. The fraction of sp³-hybridized carbons (Fsp3) is 0.250. The van der Waals surface area contributed by atoms with E-state index in [0.29, 0.717) is 13.1 Å². The average molecular weight is 338 g/mol. The van der Waals surface area contributed by atoms with Crippen molar-refractivity contribution in [3.8, 4) is 0 Å². The van der Waals surface area contributed by atoms with Crippen LogP contribution in [0.2, 0.25) is 0 Å². The number of rotatable bonds is 5. The highest BCUT2D eigenvalue weighted by molar-refractivity contribution is 5.89. The summed E-state index contributed by atoms with van der Waals surface area (Å²) in [5.74, 6) is 0.738. The zero-order valence-electron chi connectivity index (χ0n) is 12.9. The third-order valence-corrected chi connectivity index (χ3v) is 3.18. The van der Waals surface area contributed by atoms with Crippen molar-refractivity contribution >= 4 is 17.5 Å². The molecule has 24 heavy (non-hydrogen) atoms. The zero-order chi connectivity index (χ0) is 17.6. The molecule has 0 saturated carbocycles. The van der Waals surface area contributed by atoms with Crippen LogP contribution in [0.3, 0.4) is 0 Å². The molecule has 0 bridgehead atoms. The monoisotopic (exact) mass is 338 g/mol. The first-order chi connectivity index (χ1) is 11.4. The van der Waals surface area contributed by atoms with Crippen molar-refractivity contribution in [3.05, 3.63) is 53.7 Å². The lowest BCUT2D eigenvalue weighted by atomic mass is 10.2. The van der Waals surface area contributed by atoms with Gasteiger partial charge >= 0.3 is 12.2 Å². The maximum absolute atomic E-state index is 12.4. The highest BCUT2D eigenvalue weighted by atomic mass is 19.4. The van der Waals surface area contributed by atoms with Crippen molar-refractivity contribution in [2.24, 2.45) is 0 Å². The number of anilines is 2. The molecular weight excluding hydrogens is 321 g/mol. The van der Waals surface area contributed by atoms with E-state index in [4.69, 9.17) is 0 Å². The van der Waals surface area contributed by atoms with Gasteiger partial charge in [-0.2, -0.15) is 13.2 Å². The molecule has 2 amide bonds. The number of amides is 2. The summed E-state index contributed by atoms with van der Waals surface area (Å²) in [6.45, 7) is 2.72. The van der Waals surface area contributed by atoms with E-state index in [0.717, 1.165) is 23.5 Å². The second-order valence-electron chi connectivity index (χ2n) is 5.05. The second kappa shape index (κ2) is 7.67. The Hall–Kier alpha value is -2.77. The number of pyridine rings is 1. The number of nitrogens with one attached hydrogen (secondary N) is 3. The summed E-state index contributed by atoms with van der Waals surface area (Å²) in [5.41, 5.74) is 0.518. The van der Waals surface area contributed by atoms with Crippen molar-refractivity contribution in [1.29, 1.82) is 0 Å². The lowest BCUT2D eigenvalue weighted by Crippen LogP contribution is -2.32. The largest absolute Gasteiger partial charge is 0.416 e.